The molecular formula is C9H14N4OS. The second kappa shape index (κ2) is 4.14. The van der Waals surface area contributed by atoms with Gasteiger partial charge >= 0.3 is 6.03 Å². The van der Waals surface area contributed by atoms with Gasteiger partial charge in [-0.15, -0.1) is 10.2 Å². The topological polar surface area (TPSA) is 58.1 Å². The van der Waals surface area contributed by atoms with Crippen LogP contribution in [0.25, 0.3) is 0 Å². The zero-order chi connectivity index (χ0) is 10.8. The Morgan fingerprint density at radius 3 is 3.00 bits per heavy atom. The normalized spacial score (nSPS) is 18.0. The summed E-state index contributed by atoms with van der Waals surface area (Å²) in [5, 5.41) is 12.6. The molecule has 1 saturated heterocycles. The van der Waals surface area contributed by atoms with E-state index in [1.54, 1.807) is 4.90 Å². The second-order valence-electron chi connectivity index (χ2n) is 3.62. The largest absolute Gasteiger partial charge is 0.336 e. The molecule has 6 heteroatoms. The third-order valence-corrected chi connectivity index (χ3v) is 3.73. The fraction of sp³-hybridized carbons (Fsp3) is 0.667. The monoisotopic (exact) mass is 226 g/mol. The molecule has 2 rings (SSSR count). The van der Waals surface area contributed by atoms with Crippen molar-refractivity contribution < 1.29 is 4.79 Å². The van der Waals surface area contributed by atoms with E-state index in [1.807, 2.05) is 0 Å². The van der Waals surface area contributed by atoms with E-state index in [-0.39, 0.29) is 6.03 Å². The van der Waals surface area contributed by atoms with Gasteiger partial charge in [0, 0.05) is 19.0 Å². The number of anilines is 1. The Morgan fingerprint density at radius 1 is 1.60 bits per heavy atom. The Hall–Kier alpha value is -1.17. The average Bonchev–Trinajstić information content (AvgIpc) is 2.84. The van der Waals surface area contributed by atoms with Gasteiger partial charge in [-0.1, -0.05) is 25.2 Å². The Labute approximate surface area is 92.5 Å². The van der Waals surface area contributed by atoms with Crippen LogP contribution in [0.15, 0.2) is 0 Å². The van der Waals surface area contributed by atoms with Gasteiger partial charge in [0.1, 0.15) is 5.01 Å². The number of aromatic nitrogens is 2. The van der Waals surface area contributed by atoms with Crippen LogP contribution in [0, 0.1) is 0 Å². The van der Waals surface area contributed by atoms with Crippen molar-refractivity contribution in [3.8, 4) is 0 Å². The zero-order valence-corrected chi connectivity index (χ0v) is 9.67. The van der Waals surface area contributed by atoms with E-state index in [9.17, 15) is 4.79 Å². The maximum absolute atomic E-state index is 11.4. The number of urea groups is 1. The number of hydrogen-bond donors (Lipinski definition) is 1. The van der Waals surface area contributed by atoms with Crippen LogP contribution < -0.4 is 10.2 Å². The molecule has 1 unspecified atom stereocenters. The molecule has 1 aliphatic rings. The summed E-state index contributed by atoms with van der Waals surface area (Å²) in [6.07, 6.45) is 1.04. The van der Waals surface area contributed by atoms with Crippen LogP contribution in [0.2, 0.25) is 0 Å². The summed E-state index contributed by atoms with van der Waals surface area (Å²) in [5.41, 5.74) is 0. The molecule has 0 aliphatic carbocycles. The fourth-order valence-electron chi connectivity index (χ4n) is 1.36. The van der Waals surface area contributed by atoms with Crippen molar-refractivity contribution in [3.63, 3.8) is 0 Å². The summed E-state index contributed by atoms with van der Waals surface area (Å²) in [7, 11) is 0. The minimum Gasteiger partial charge on any atom is -0.336 e. The molecule has 15 heavy (non-hydrogen) atoms. The number of carbonyl (C=O) groups is 1. The van der Waals surface area contributed by atoms with Crippen LogP contribution in [0.3, 0.4) is 0 Å². The van der Waals surface area contributed by atoms with Crippen LogP contribution in [-0.2, 0) is 0 Å². The number of hydrogen-bond acceptors (Lipinski definition) is 4. The fourth-order valence-corrected chi connectivity index (χ4v) is 2.37. The van der Waals surface area contributed by atoms with Crippen molar-refractivity contribution in [2.75, 3.05) is 18.0 Å². The Balaban J connectivity index is 2.16. The molecule has 0 radical (unpaired) electrons. The molecule has 1 aromatic heterocycles. The van der Waals surface area contributed by atoms with Gasteiger partial charge in [-0.3, -0.25) is 4.90 Å². The highest BCUT2D eigenvalue weighted by Gasteiger charge is 2.25. The molecule has 1 atom stereocenters. The Morgan fingerprint density at radius 2 is 2.40 bits per heavy atom. The molecule has 2 heterocycles. The van der Waals surface area contributed by atoms with Gasteiger partial charge in [0.15, 0.2) is 0 Å². The molecule has 1 aromatic rings. The van der Waals surface area contributed by atoms with Crippen molar-refractivity contribution >= 4 is 22.5 Å². The first-order valence-electron chi connectivity index (χ1n) is 5.11. The van der Waals surface area contributed by atoms with Crippen molar-refractivity contribution in [1.82, 2.24) is 15.5 Å². The molecule has 0 aromatic carbocycles. The molecule has 2 amide bonds. The number of nitrogens with one attached hydrogen (secondary N) is 1. The lowest BCUT2D eigenvalue weighted by atomic mass is 10.1. The van der Waals surface area contributed by atoms with E-state index in [0.717, 1.165) is 11.4 Å². The highest BCUT2D eigenvalue weighted by atomic mass is 32.1. The lowest BCUT2D eigenvalue weighted by Crippen LogP contribution is -2.27. The third-order valence-electron chi connectivity index (χ3n) is 2.55. The first-order chi connectivity index (χ1) is 7.22. The van der Waals surface area contributed by atoms with Gasteiger partial charge < -0.3 is 5.32 Å². The molecule has 0 saturated carbocycles. The maximum Gasteiger partial charge on any atom is 0.323 e. The van der Waals surface area contributed by atoms with Gasteiger partial charge in [-0.2, -0.15) is 0 Å². The second-order valence-corrected chi connectivity index (χ2v) is 4.60. The van der Waals surface area contributed by atoms with E-state index < -0.39 is 0 Å². The van der Waals surface area contributed by atoms with Crippen LogP contribution in [0.5, 0.6) is 0 Å². The van der Waals surface area contributed by atoms with E-state index in [1.165, 1.54) is 11.3 Å². The molecule has 1 N–H and O–H groups in total. The highest BCUT2D eigenvalue weighted by Crippen LogP contribution is 2.28. The minimum atomic E-state index is -0.0677. The average molecular weight is 226 g/mol. The van der Waals surface area contributed by atoms with Crippen LogP contribution in [0.4, 0.5) is 9.93 Å². The predicted molar refractivity (Wildman–Crippen MR) is 59.4 cm³/mol. The first-order valence-corrected chi connectivity index (χ1v) is 5.92. The first kappa shape index (κ1) is 10.4. The van der Waals surface area contributed by atoms with Crippen molar-refractivity contribution in [2.24, 2.45) is 0 Å². The maximum atomic E-state index is 11.4. The predicted octanol–water partition coefficient (Wildman–Crippen LogP) is 1.58. The van der Waals surface area contributed by atoms with Crippen LogP contribution in [0.1, 0.15) is 31.2 Å². The van der Waals surface area contributed by atoms with Gasteiger partial charge in [0.25, 0.3) is 0 Å². The number of nitrogens with zero attached hydrogens (tertiary/aromatic N) is 3. The quantitative estimate of drug-likeness (QED) is 0.851. The van der Waals surface area contributed by atoms with Crippen molar-refractivity contribution in [2.45, 2.75) is 26.2 Å². The summed E-state index contributed by atoms with van der Waals surface area (Å²) >= 11 is 1.51. The molecule has 1 fully saturated rings. The number of rotatable bonds is 3. The van der Waals surface area contributed by atoms with Gasteiger partial charge in [0.05, 0.1) is 0 Å². The van der Waals surface area contributed by atoms with Gasteiger partial charge in [-0.05, 0) is 6.42 Å². The molecule has 5 nitrogen and oxygen atoms in total. The van der Waals surface area contributed by atoms with Crippen molar-refractivity contribution in [1.29, 1.82) is 0 Å². The SMILES string of the molecule is CCC(C)c1nnc(N2CCNC2=O)s1. The zero-order valence-electron chi connectivity index (χ0n) is 8.86. The molecular weight excluding hydrogens is 212 g/mol. The number of amides is 2. The lowest BCUT2D eigenvalue weighted by molar-refractivity contribution is 0.252. The summed E-state index contributed by atoms with van der Waals surface area (Å²) in [4.78, 5) is 13.0. The molecule has 0 spiro atoms. The molecule has 1 aliphatic heterocycles. The smallest absolute Gasteiger partial charge is 0.323 e. The van der Waals surface area contributed by atoms with Crippen LogP contribution in [-0.4, -0.2) is 29.3 Å². The van der Waals surface area contributed by atoms with Gasteiger partial charge in [0.2, 0.25) is 5.13 Å². The van der Waals surface area contributed by atoms with E-state index in [4.69, 9.17) is 0 Å². The van der Waals surface area contributed by atoms with E-state index in [0.29, 0.717) is 24.1 Å². The highest BCUT2D eigenvalue weighted by molar-refractivity contribution is 7.15. The Bertz CT molecular complexity index is 365. The summed E-state index contributed by atoms with van der Waals surface area (Å²) in [6.45, 7) is 5.62. The summed E-state index contributed by atoms with van der Waals surface area (Å²) in [6, 6.07) is -0.0677. The standard InChI is InChI=1S/C9H14N4OS/c1-3-6(2)7-11-12-9(15-7)13-5-4-10-8(13)14/h6H,3-5H2,1-2H3,(H,10,14). The van der Waals surface area contributed by atoms with Crippen LogP contribution >= 0.6 is 11.3 Å². The molecule has 82 valence electrons. The lowest BCUT2D eigenvalue weighted by Gasteiger charge is -2.07. The Kier molecular flexibility index (Phi) is 2.86. The third kappa shape index (κ3) is 1.94. The molecule has 0 bridgehead atoms. The number of carbonyl (C=O) groups excluding carboxylic acids is 1. The van der Waals surface area contributed by atoms with E-state index in [2.05, 4.69) is 29.4 Å². The van der Waals surface area contributed by atoms with Crippen molar-refractivity contribution in [3.05, 3.63) is 5.01 Å². The summed E-state index contributed by atoms with van der Waals surface area (Å²) < 4.78 is 0. The van der Waals surface area contributed by atoms with Gasteiger partial charge in [-0.25, -0.2) is 4.79 Å². The minimum absolute atomic E-state index is 0.0677. The van der Waals surface area contributed by atoms with E-state index >= 15 is 0 Å². The summed E-state index contributed by atoms with van der Waals surface area (Å²) in [5.74, 6) is 0.418.